The Kier molecular flexibility index (Phi) is 6.05. The number of ether oxygens (including phenoxy) is 1. The Hall–Kier alpha value is -2.38. The van der Waals surface area contributed by atoms with E-state index in [-0.39, 0.29) is 16.6 Å². The summed E-state index contributed by atoms with van der Waals surface area (Å²) in [6.07, 6.45) is 2.74. The number of carbonyl (C=O) groups is 1. The molecule has 1 aliphatic heterocycles. The number of benzene rings is 2. The summed E-state index contributed by atoms with van der Waals surface area (Å²) in [6.45, 7) is 4.80. The summed E-state index contributed by atoms with van der Waals surface area (Å²) < 4.78 is 33.0. The van der Waals surface area contributed by atoms with Crippen LogP contribution in [0.15, 0.2) is 41.3 Å². The Bertz CT molecular complexity index is 980. The third-order valence-electron chi connectivity index (χ3n) is 4.99. The molecule has 1 heterocycles. The van der Waals surface area contributed by atoms with Crippen LogP contribution in [-0.4, -0.2) is 38.8 Å². The van der Waals surface area contributed by atoms with Crippen molar-refractivity contribution in [2.75, 3.05) is 25.5 Å². The quantitative estimate of drug-likeness (QED) is 0.827. The van der Waals surface area contributed by atoms with Gasteiger partial charge in [-0.3, -0.25) is 4.79 Å². The first-order valence-electron chi connectivity index (χ1n) is 9.40. The highest BCUT2D eigenvalue weighted by Gasteiger charge is 2.29. The number of aryl methyl sites for hydroxylation is 2. The summed E-state index contributed by atoms with van der Waals surface area (Å²) >= 11 is 0. The van der Waals surface area contributed by atoms with Crippen molar-refractivity contribution in [3.8, 4) is 5.75 Å². The van der Waals surface area contributed by atoms with Crippen LogP contribution in [0, 0.1) is 13.8 Å². The van der Waals surface area contributed by atoms with Crippen LogP contribution in [0.1, 0.15) is 40.7 Å². The minimum atomic E-state index is -3.69. The van der Waals surface area contributed by atoms with E-state index in [4.69, 9.17) is 4.74 Å². The van der Waals surface area contributed by atoms with Crippen LogP contribution in [0.25, 0.3) is 0 Å². The van der Waals surface area contributed by atoms with Crippen molar-refractivity contribution in [3.05, 3.63) is 53.1 Å². The number of amides is 1. The molecule has 0 unspecified atom stereocenters. The molecule has 1 fully saturated rings. The third kappa shape index (κ3) is 4.20. The standard InChI is InChI=1S/C21H26N2O4S/c1-15-7-8-16(2)18(13-15)21(24)22-17-9-10-19(27-3)20(14-17)28(25,26)23-11-5-4-6-12-23/h7-10,13-14H,4-6,11-12H2,1-3H3,(H,22,24). The smallest absolute Gasteiger partial charge is 0.255 e. The van der Waals surface area contributed by atoms with Gasteiger partial charge in [0.25, 0.3) is 5.91 Å². The molecule has 2 aromatic carbocycles. The summed E-state index contributed by atoms with van der Waals surface area (Å²) in [5.41, 5.74) is 2.83. The van der Waals surface area contributed by atoms with Gasteiger partial charge in [0.05, 0.1) is 7.11 Å². The van der Waals surface area contributed by atoms with Gasteiger partial charge in [0.15, 0.2) is 0 Å². The molecule has 0 radical (unpaired) electrons. The minimum absolute atomic E-state index is 0.0793. The van der Waals surface area contributed by atoms with Crippen LogP contribution < -0.4 is 10.1 Å². The highest BCUT2D eigenvalue weighted by molar-refractivity contribution is 7.89. The molecule has 0 bridgehead atoms. The first kappa shape index (κ1) is 20.4. The third-order valence-corrected chi connectivity index (χ3v) is 6.91. The summed E-state index contributed by atoms with van der Waals surface area (Å²) in [4.78, 5) is 12.8. The molecule has 0 saturated carbocycles. The van der Waals surface area contributed by atoms with E-state index >= 15 is 0 Å². The first-order chi connectivity index (χ1) is 13.3. The van der Waals surface area contributed by atoms with Crippen LogP contribution in [0.4, 0.5) is 5.69 Å². The number of sulfonamides is 1. The van der Waals surface area contributed by atoms with Gasteiger partial charge in [-0.05, 0) is 56.5 Å². The molecule has 1 aliphatic rings. The zero-order valence-electron chi connectivity index (χ0n) is 16.5. The molecule has 1 N–H and O–H groups in total. The summed E-state index contributed by atoms with van der Waals surface area (Å²) in [6, 6.07) is 10.4. The second-order valence-electron chi connectivity index (χ2n) is 7.10. The molecule has 0 atom stereocenters. The number of rotatable bonds is 5. The fourth-order valence-corrected chi connectivity index (χ4v) is 5.08. The Balaban J connectivity index is 1.92. The number of hydrogen-bond acceptors (Lipinski definition) is 4. The fraction of sp³-hybridized carbons (Fsp3) is 0.381. The summed E-state index contributed by atoms with van der Waals surface area (Å²) in [5.74, 6) is 0.00277. The predicted molar refractivity (Wildman–Crippen MR) is 109 cm³/mol. The van der Waals surface area contributed by atoms with Gasteiger partial charge in [0, 0.05) is 24.3 Å². The van der Waals surface area contributed by atoms with Gasteiger partial charge in [0.1, 0.15) is 10.6 Å². The van der Waals surface area contributed by atoms with Crippen molar-refractivity contribution in [2.24, 2.45) is 0 Å². The van der Waals surface area contributed by atoms with Gasteiger partial charge in [-0.2, -0.15) is 4.31 Å². The maximum absolute atomic E-state index is 13.1. The van der Waals surface area contributed by atoms with Gasteiger partial charge >= 0.3 is 0 Å². The number of methoxy groups -OCH3 is 1. The van der Waals surface area contributed by atoms with Crippen LogP contribution in [0.5, 0.6) is 5.75 Å². The lowest BCUT2D eigenvalue weighted by atomic mass is 10.1. The van der Waals surface area contributed by atoms with Crippen molar-refractivity contribution >= 4 is 21.6 Å². The van der Waals surface area contributed by atoms with E-state index in [1.54, 1.807) is 12.1 Å². The second-order valence-corrected chi connectivity index (χ2v) is 9.01. The maximum Gasteiger partial charge on any atom is 0.255 e. The van der Waals surface area contributed by atoms with E-state index in [9.17, 15) is 13.2 Å². The zero-order valence-corrected chi connectivity index (χ0v) is 17.3. The number of nitrogens with one attached hydrogen (secondary N) is 1. The number of hydrogen-bond donors (Lipinski definition) is 1. The molecule has 3 rings (SSSR count). The van der Waals surface area contributed by atoms with Gasteiger partial charge in [0.2, 0.25) is 10.0 Å². The van der Waals surface area contributed by atoms with E-state index in [0.29, 0.717) is 24.3 Å². The van der Waals surface area contributed by atoms with Gasteiger partial charge < -0.3 is 10.1 Å². The average molecular weight is 403 g/mol. The monoisotopic (exact) mass is 402 g/mol. The normalized spacial score (nSPS) is 15.2. The maximum atomic E-state index is 13.1. The van der Waals surface area contributed by atoms with E-state index in [1.807, 2.05) is 32.0 Å². The molecule has 7 heteroatoms. The van der Waals surface area contributed by atoms with Gasteiger partial charge in [-0.15, -0.1) is 0 Å². The molecule has 1 amide bonds. The SMILES string of the molecule is COc1ccc(NC(=O)c2cc(C)ccc2C)cc1S(=O)(=O)N1CCCCC1. The number of nitrogens with zero attached hydrogens (tertiary/aromatic N) is 1. The van der Waals surface area contributed by atoms with Gasteiger partial charge in [-0.25, -0.2) is 8.42 Å². The number of carbonyl (C=O) groups excluding carboxylic acids is 1. The van der Waals surface area contributed by atoms with E-state index in [2.05, 4.69) is 5.32 Å². The molecule has 0 spiro atoms. The Morgan fingerprint density at radius 2 is 1.75 bits per heavy atom. The molecular weight excluding hydrogens is 376 g/mol. The van der Waals surface area contributed by atoms with Crippen molar-refractivity contribution < 1.29 is 17.9 Å². The van der Waals surface area contributed by atoms with Crippen LogP contribution in [-0.2, 0) is 10.0 Å². The lowest BCUT2D eigenvalue weighted by molar-refractivity contribution is 0.102. The average Bonchev–Trinajstić information content (AvgIpc) is 2.70. The molecule has 1 saturated heterocycles. The van der Waals surface area contributed by atoms with E-state index in [0.717, 1.165) is 30.4 Å². The van der Waals surface area contributed by atoms with Crippen molar-refractivity contribution in [2.45, 2.75) is 38.0 Å². The van der Waals surface area contributed by atoms with Crippen LogP contribution in [0.3, 0.4) is 0 Å². The van der Waals surface area contributed by atoms with E-state index in [1.165, 1.54) is 17.5 Å². The molecule has 0 aromatic heterocycles. The lowest BCUT2D eigenvalue weighted by Crippen LogP contribution is -2.35. The Morgan fingerprint density at radius 1 is 1.04 bits per heavy atom. The van der Waals surface area contributed by atoms with Crippen molar-refractivity contribution in [3.63, 3.8) is 0 Å². The van der Waals surface area contributed by atoms with E-state index < -0.39 is 10.0 Å². The topological polar surface area (TPSA) is 75.7 Å². The largest absolute Gasteiger partial charge is 0.495 e. The molecule has 2 aromatic rings. The van der Waals surface area contributed by atoms with Crippen molar-refractivity contribution in [1.29, 1.82) is 0 Å². The van der Waals surface area contributed by atoms with Crippen molar-refractivity contribution in [1.82, 2.24) is 4.31 Å². The number of anilines is 1. The summed E-state index contributed by atoms with van der Waals surface area (Å²) in [7, 11) is -2.24. The Morgan fingerprint density at radius 3 is 2.43 bits per heavy atom. The summed E-state index contributed by atoms with van der Waals surface area (Å²) in [5, 5.41) is 2.82. The molecule has 0 aliphatic carbocycles. The highest BCUT2D eigenvalue weighted by Crippen LogP contribution is 2.31. The zero-order chi connectivity index (χ0) is 20.3. The fourth-order valence-electron chi connectivity index (χ4n) is 3.38. The number of piperidine rings is 1. The van der Waals surface area contributed by atoms with Gasteiger partial charge in [-0.1, -0.05) is 24.1 Å². The predicted octanol–water partition coefficient (Wildman–Crippen LogP) is 3.74. The van der Waals surface area contributed by atoms with Crippen LogP contribution in [0.2, 0.25) is 0 Å². The second kappa shape index (κ2) is 8.32. The molecule has 150 valence electrons. The highest BCUT2D eigenvalue weighted by atomic mass is 32.2. The first-order valence-corrected chi connectivity index (χ1v) is 10.8. The molecular formula is C21H26N2O4S. The lowest BCUT2D eigenvalue weighted by Gasteiger charge is -2.26. The molecule has 28 heavy (non-hydrogen) atoms. The van der Waals surface area contributed by atoms with Crippen LogP contribution >= 0.6 is 0 Å². The Labute approximate surface area is 166 Å². The minimum Gasteiger partial charge on any atom is -0.495 e. The molecule has 6 nitrogen and oxygen atoms in total.